The van der Waals surface area contributed by atoms with E-state index in [0.717, 1.165) is 18.2 Å². The molecular formula is C16H17Cl2LiN4O3S. The van der Waals surface area contributed by atoms with Gasteiger partial charge in [-0.25, -0.2) is 4.98 Å². The second kappa shape index (κ2) is 7.68. The van der Waals surface area contributed by atoms with Gasteiger partial charge in [0.25, 0.3) is 5.91 Å². The molecule has 27 heavy (non-hydrogen) atoms. The number of H-pyrrole nitrogens is 1. The predicted molar refractivity (Wildman–Crippen MR) is 101 cm³/mol. The number of carbonyl (C=O) groups excluding carboxylic acids is 1. The third-order valence-electron chi connectivity index (χ3n) is 4.92. The standard InChI is InChI=1S/C16H16Cl2N4O3S.Li.H/c1-6-11(17)12(18)14(19-6)15(25)21-13-8-3-22(4-9(8)13)16-20-7(5-26-16)2-10(23)24;;/h5,8-9,13,19H,2-4H2,1H3,(H,21,25)(H,23,24);;/q;+1;-1/t8-,9+,13?;;. The number of fused-ring (bicyclic) bond motifs is 1. The zero-order valence-electron chi connectivity index (χ0n) is 15.8. The smallest absolute Gasteiger partial charge is 1.00 e. The van der Waals surface area contributed by atoms with Crippen LogP contribution in [0.4, 0.5) is 5.13 Å². The van der Waals surface area contributed by atoms with Crippen LogP contribution in [0.15, 0.2) is 5.38 Å². The topological polar surface area (TPSA) is 98.3 Å². The molecule has 0 bridgehead atoms. The fraction of sp³-hybridized carbons (Fsp3) is 0.438. The summed E-state index contributed by atoms with van der Waals surface area (Å²) in [4.78, 5) is 32.6. The average Bonchev–Trinajstić information content (AvgIpc) is 2.99. The maximum Gasteiger partial charge on any atom is 1.00 e. The SMILES string of the molecule is Cc1[nH]c(C(=O)NC2[C@H]3CN(c4nc(CC(=O)O)cs4)C[C@@H]23)c(Cl)c1Cl.[H-].[Li+]. The Labute approximate surface area is 183 Å². The number of piperidine rings is 1. The Bertz CT molecular complexity index is 897. The number of aryl methyl sites for hydroxylation is 1. The Balaban J connectivity index is 0.00000140. The largest absolute Gasteiger partial charge is 1.00 e. The molecule has 11 heteroatoms. The molecule has 3 heterocycles. The number of carboxylic acid groups (broad SMARTS) is 1. The average molecular weight is 423 g/mol. The number of aromatic amines is 1. The molecule has 0 radical (unpaired) electrons. The first-order valence-electron chi connectivity index (χ1n) is 8.10. The van der Waals surface area contributed by atoms with Crippen molar-refractivity contribution in [2.24, 2.45) is 11.8 Å². The summed E-state index contributed by atoms with van der Waals surface area (Å²) >= 11 is 13.6. The minimum Gasteiger partial charge on any atom is -1.00 e. The number of aliphatic carboxylic acids is 1. The van der Waals surface area contributed by atoms with E-state index in [-0.39, 0.29) is 43.7 Å². The molecular weight excluding hydrogens is 406 g/mol. The predicted octanol–water partition coefficient (Wildman–Crippen LogP) is -0.305. The molecule has 1 amide bonds. The van der Waals surface area contributed by atoms with Crippen LogP contribution >= 0.6 is 34.5 Å². The number of aromatic nitrogens is 2. The second-order valence-electron chi connectivity index (χ2n) is 6.68. The first-order valence-corrected chi connectivity index (χ1v) is 9.74. The summed E-state index contributed by atoms with van der Waals surface area (Å²) in [5.74, 6) is -0.381. The Morgan fingerprint density at radius 3 is 2.63 bits per heavy atom. The van der Waals surface area contributed by atoms with Gasteiger partial charge in [0.05, 0.1) is 22.2 Å². The summed E-state index contributed by atoms with van der Waals surface area (Å²) in [6.07, 6.45) is -0.0608. The minimum atomic E-state index is -0.882. The molecule has 7 nitrogen and oxygen atoms in total. The van der Waals surface area contributed by atoms with Crippen molar-refractivity contribution in [1.82, 2.24) is 15.3 Å². The van der Waals surface area contributed by atoms with E-state index in [1.165, 1.54) is 11.3 Å². The van der Waals surface area contributed by atoms with Crippen LogP contribution in [0.2, 0.25) is 10.0 Å². The first kappa shape index (κ1) is 20.6. The maximum absolute atomic E-state index is 12.4. The summed E-state index contributed by atoms with van der Waals surface area (Å²) in [5, 5.41) is 15.1. The molecule has 3 atom stereocenters. The molecule has 2 aromatic heterocycles. The Kier molecular flexibility index (Phi) is 5.85. The number of hydrogen-bond acceptors (Lipinski definition) is 5. The van der Waals surface area contributed by atoms with Gasteiger partial charge in [0.15, 0.2) is 5.13 Å². The number of carboxylic acids is 1. The number of halogens is 2. The first-order chi connectivity index (χ1) is 12.3. The molecule has 1 saturated carbocycles. The van der Waals surface area contributed by atoms with E-state index in [2.05, 4.69) is 20.2 Å². The number of anilines is 1. The van der Waals surface area contributed by atoms with E-state index in [9.17, 15) is 9.59 Å². The van der Waals surface area contributed by atoms with Crippen LogP contribution in [-0.4, -0.2) is 46.1 Å². The molecule has 1 aliphatic carbocycles. The van der Waals surface area contributed by atoms with Crippen molar-refractivity contribution in [2.45, 2.75) is 19.4 Å². The fourth-order valence-electron chi connectivity index (χ4n) is 3.53. The van der Waals surface area contributed by atoms with Crippen molar-refractivity contribution in [2.75, 3.05) is 18.0 Å². The molecule has 4 rings (SSSR count). The van der Waals surface area contributed by atoms with Gasteiger partial charge in [-0.15, -0.1) is 11.3 Å². The molecule has 140 valence electrons. The van der Waals surface area contributed by atoms with Crippen molar-refractivity contribution in [1.29, 1.82) is 0 Å². The van der Waals surface area contributed by atoms with Gasteiger partial charge in [-0.3, -0.25) is 9.59 Å². The van der Waals surface area contributed by atoms with Crippen LogP contribution in [0.1, 0.15) is 23.3 Å². The maximum atomic E-state index is 12.4. The van der Waals surface area contributed by atoms with Crippen molar-refractivity contribution >= 4 is 51.5 Å². The summed E-state index contributed by atoms with van der Waals surface area (Å²) in [6.45, 7) is 3.36. The number of amides is 1. The zero-order chi connectivity index (χ0) is 18.6. The summed E-state index contributed by atoms with van der Waals surface area (Å²) < 4.78 is 0. The quantitative estimate of drug-likeness (QED) is 0.574. The van der Waals surface area contributed by atoms with Gasteiger partial charge < -0.3 is 21.7 Å². The van der Waals surface area contributed by atoms with E-state index in [4.69, 9.17) is 28.3 Å². The van der Waals surface area contributed by atoms with E-state index in [1.54, 1.807) is 12.3 Å². The molecule has 2 fully saturated rings. The van der Waals surface area contributed by atoms with Crippen molar-refractivity contribution in [3.63, 3.8) is 0 Å². The monoisotopic (exact) mass is 422 g/mol. The minimum absolute atomic E-state index is 0. The van der Waals surface area contributed by atoms with Crippen LogP contribution in [0.25, 0.3) is 0 Å². The van der Waals surface area contributed by atoms with Gasteiger partial charge in [-0.1, -0.05) is 23.2 Å². The van der Waals surface area contributed by atoms with Crippen molar-refractivity contribution in [3.8, 4) is 0 Å². The normalized spacial score (nSPS) is 22.9. The molecule has 3 N–H and O–H groups in total. The summed E-state index contributed by atoms with van der Waals surface area (Å²) in [5.41, 5.74) is 1.55. The van der Waals surface area contributed by atoms with Crippen LogP contribution in [0.5, 0.6) is 0 Å². The summed E-state index contributed by atoms with van der Waals surface area (Å²) in [7, 11) is 0. The van der Waals surface area contributed by atoms with Gasteiger partial charge in [-0.2, -0.15) is 0 Å². The third-order valence-corrected chi connectivity index (χ3v) is 6.81. The van der Waals surface area contributed by atoms with E-state index in [0.29, 0.717) is 33.9 Å². The van der Waals surface area contributed by atoms with E-state index < -0.39 is 5.97 Å². The molecule has 1 saturated heterocycles. The number of hydrogen-bond donors (Lipinski definition) is 3. The van der Waals surface area contributed by atoms with Crippen LogP contribution in [0, 0.1) is 18.8 Å². The van der Waals surface area contributed by atoms with E-state index >= 15 is 0 Å². The van der Waals surface area contributed by atoms with E-state index in [1.807, 2.05) is 0 Å². The molecule has 1 aliphatic heterocycles. The van der Waals surface area contributed by atoms with Crippen LogP contribution < -0.4 is 29.1 Å². The molecule has 1 unspecified atom stereocenters. The van der Waals surface area contributed by atoms with Gasteiger partial charge in [-0.05, 0) is 6.92 Å². The molecule has 0 spiro atoms. The Hall–Kier alpha value is -1.17. The summed E-state index contributed by atoms with van der Waals surface area (Å²) in [6, 6.07) is 0.121. The molecule has 2 aromatic rings. The van der Waals surface area contributed by atoms with Crippen LogP contribution in [0.3, 0.4) is 0 Å². The molecule has 0 aromatic carbocycles. The number of thiazole rings is 1. The second-order valence-corrected chi connectivity index (χ2v) is 8.27. The molecule has 2 aliphatic rings. The number of nitrogens with one attached hydrogen (secondary N) is 2. The van der Waals surface area contributed by atoms with Gasteiger partial charge >= 0.3 is 24.8 Å². The zero-order valence-corrected chi connectivity index (χ0v) is 17.1. The van der Waals surface area contributed by atoms with Crippen LogP contribution in [-0.2, 0) is 11.2 Å². The Morgan fingerprint density at radius 1 is 1.41 bits per heavy atom. The fourth-order valence-corrected chi connectivity index (χ4v) is 4.79. The van der Waals surface area contributed by atoms with Gasteiger partial charge in [0, 0.05) is 42.0 Å². The third kappa shape index (κ3) is 3.87. The number of nitrogens with zero attached hydrogens (tertiary/aromatic N) is 2. The van der Waals surface area contributed by atoms with Gasteiger partial charge in [0.1, 0.15) is 5.69 Å². The van der Waals surface area contributed by atoms with Crippen molar-refractivity contribution < 1.29 is 35.0 Å². The number of rotatable bonds is 5. The van der Waals surface area contributed by atoms with Gasteiger partial charge in [0.2, 0.25) is 0 Å². The van der Waals surface area contributed by atoms with Crippen molar-refractivity contribution in [3.05, 3.63) is 32.5 Å². The number of carbonyl (C=O) groups is 2. The Morgan fingerprint density at radius 2 is 2.07 bits per heavy atom.